The van der Waals surface area contributed by atoms with Crippen LogP contribution in [0.15, 0.2) is 29.3 Å². The summed E-state index contributed by atoms with van der Waals surface area (Å²) >= 11 is 1.72. The fourth-order valence-electron chi connectivity index (χ4n) is 2.69. The molecule has 5 heteroatoms. The largest absolute Gasteiger partial charge is 0.384 e. The Kier molecular flexibility index (Phi) is 5.23. The average molecular weight is 344 g/mol. The molecule has 0 aliphatic carbocycles. The molecule has 24 heavy (non-hydrogen) atoms. The normalized spacial score (nSPS) is 16.0. The highest BCUT2D eigenvalue weighted by molar-refractivity contribution is 7.99. The van der Waals surface area contributed by atoms with E-state index in [-0.39, 0.29) is 5.60 Å². The molecule has 0 bridgehead atoms. The molecule has 2 heterocycles. The van der Waals surface area contributed by atoms with E-state index in [4.69, 9.17) is 19.4 Å². The fraction of sp³-hybridized carbons (Fsp3) is 0.474. The lowest BCUT2D eigenvalue weighted by Gasteiger charge is -2.32. The quantitative estimate of drug-likeness (QED) is 0.465. The van der Waals surface area contributed by atoms with Gasteiger partial charge in [0, 0.05) is 30.4 Å². The predicted molar refractivity (Wildman–Crippen MR) is 97.4 cm³/mol. The highest BCUT2D eigenvalue weighted by atomic mass is 32.2. The number of thioether (sulfide) groups is 1. The number of hydrogen-bond donors (Lipinski definition) is 0. The van der Waals surface area contributed by atoms with Crippen molar-refractivity contribution in [1.82, 2.24) is 9.97 Å². The molecular weight excluding hydrogens is 320 g/mol. The molecule has 0 spiro atoms. The van der Waals surface area contributed by atoms with Crippen LogP contribution in [0.3, 0.4) is 0 Å². The minimum absolute atomic E-state index is 0.180. The van der Waals surface area contributed by atoms with Crippen molar-refractivity contribution in [2.24, 2.45) is 0 Å². The number of fused-ring (bicyclic) bond motifs is 1. The summed E-state index contributed by atoms with van der Waals surface area (Å²) in [6.45, 7) is 7.59. The highest BCUT2D eigenvalue weighted by Crippen LogP contribution is 2.33. The van der Waals surface area contributed by atoms with Crippen LogP contribution in [0.4, 0.5) is 0 Å². The van der Waals surface area contributed by atoms with Crippen molar-refractivity contribution in [3.05, 3.63) is 41.1 Å². The maximum atomic E-state index is 5.98. The molecule has 0 radical (unpaired) electrons. The SMILES string of the molecule is COCCSc1nc(-c2ccc(C)cc2)nc2c1COC(C)(C)C2. The van der Waals surface area contributed by atoms with Crippen molar-refractivity contribution in [3.8, 4) is 11.4 Å². The van der Waals surface area contributed by atoms with E-state index in [0.29, 0.717) is 13.2 Å². The Bertz CT molecular complexity index is 714. The van der Waals surface area contributed by atoms with Crippen LogP contribution < -0.4 is 0 Å². The van der Waals surface area contributed by atoms with E-state index in [0.717, 1.165) is 39.8 Å². The van der Waals surface area contributed by atoms with Gasteiger partial charge in [-0.3, -0.25) is 0 Å². The molecule has 1 aliphatic rings. The Morgan fingerprint density at radius 3 is 2.67 bits per heavy atom. The lowest BCUT2D eigenvalue weighted by Crippen LogP contribution is -2.33. The number of aromatic nitrogens is 2. The maximum absolute atomic E-state index is 5.98. The first-order chi connectivity index (χ1) is 11.5. The van der Waals surface area contributed by atoms with Crippen LogP contribution in [-0.4, -0.2) is 35.0 Å². The Morgan fingerprint density at radius 2 is 1.96 bits per heavy atom. The third kappa shape index (κ3) is 3.97. The van der Waals surface area contributed by atoms with E-state index in [1.807, 2.05) is 0 Å². The fourth-order valence-corrected chi connectivity index (χ4v) is 3.64. The summed E-state index contributed by atoms with van der Waals surface area (Å²) < 4.78 is 11.1. The minimum atomic E-state index is -0.180. The Morgan fingerprint density at radius 1 is 1.21 bits per heavy atom. The van der Waals surface area contributed by atoms with Crippen LogP contribution in [0.1, 0.15) is 30.7 Å². The summed E-state index contributed by atoms with van der Waals surface area (Å²) in [5, 5.41) is 1.02. The molecule has 0 N–H and O–H groups in total. The molecule has 1 aliphatic heterocycles. The van der Waals surface area contributed by atoms with Gasteiger partial charge in [-0.15, -0.1) is 11.8 Å². The molecular formula is C19H24N2O2S. The average Bonchev–Trinajstić information content (AvgIpc) is 2.54. The smallest absolute Gasteiger partial charge is 0.160 e. The molecule has 0 atom stereocenters. The van der Waals surface area contributed by atoms with Gasteiger partial charge in [0.1, 0.15) is 5.03 Å². The standard InChI is InChI=1S/C19H24N2O2S/c1-13-5-7-14(8-6-13)17-20-16-11-19(2,3)23-12-15(16)18(21-17)24-10-9-22-4/h5-8H,9-12H2,1-4H3. The van der Waals surface area contributed by atoms with E-state index in [2.05, 4.69) is 45.0 Å². The summed E-state index contributed by atoms with van der Waals surface area (Å²) in [4.78, 5) is 9.68. The van der Waals surface area contributed by atoms with Crippen LogP contribution in [-0.2, 0) is 22.5 Å². The summed E-state index contributed by atoms with van der Waals surface area (Å²) in [6.07, 6.45) is 0.807. The van der Waals surface area contributed by atoms with Gasteiger partial charge in [0.15, 0.2) is 5.82 Å². The van der Waals surface area contributed by atoms with E-state index >= 15 is 0 Å². The third-order valence-corrected chi connectivity index (χ3v) is 5.07. The van der Waals surface area contributed by atoms with Crippen LogP contribution in [0.25, 0.3) is 11.4 Å². The molecule has 1 aromatic heterocycles. The van der Waals surface area contributed by atoms with Crippen molar-refractivity contribution in [3.63, 3.8) is 0 Å². The van der Waals surface area contributed by atoms with E-state index in [1.54, 1.807) is 18.9 Å². The van der Waals surface area contributed by atoms with Crippen LogP contribution in [0.2, 0.25) is 0 Å². The second-order valence-electron chi connectivity index (χ2n) is 6.71. The Balaban J connectivity index is 2.00. The van der Waals surface area contributed by atoms with Gasteiger partial charge < -0.3 is 9.47 Å². The van der Waals surface area contributed by atoms with Crippen molar-refractivity contribution in [2.75, 3.05) is 19.5 Å². The van der Waals surface area contributed by atoms with Gasteiger partial charge in [0.25, 0.3) is 0 Å². The molecule has 4 nitrogen and oxygen atoms in total. The Hall–Kier alpha value is -1.43. The lowest BCUT2D eigenvalue weighted by molar-refractivity contribution is -0.0428. The summed E-state index contributed by atoms with van der Waals surface area (Å²) in [6, 6.07) is 8.38. The van der Waals surface area contributed by atoms with Crippen molar-refractivity contribution in [2.45, 2.75) is 44.4 Å². The molecule has 128 valence electrons. The van der Waals surface area contributed by atoms with E-state index in [9.17, 15) is 0 Å². The molecule has 3 rings (SSSR count). The zero-order valence-electron chi connectivity index (χ0n) is 14.8. The number of rotatable bonds is 5. The number of ether oxygens (including phenoxy) is 2. The van der Waals surface area contributed by atoms with Crippen LogP contribution >= 0.6 is 11.8 Å². The first-order valence-electron chi connectivity index (χ1n) is 8.21. The van der Waals surface area contributed by atoms with E-state index in [1.165, 1.54) is 5.56 Å². The molecule has 2 aromatic rings. The number of aryl methyl sites for hydroxylation is 1. The van der Waals surface area contributed by atoms with Gasteiger partial charge >= 0.3 is 0 Å². The minimum Gasteiger partial charge on any atom is -0.384 e. The number of benzene rings is 1. The van der Waals surface area contributed by atoms with Crippen molar-refractivity contribution in [1.29, 1.82) is 0 Å². The number of nitrogens with zero attached hydrogens (tertiary/aromatic N) is 2. The predicted octanol–water partition coefficient (Wildman–Crippen LogP) is 4.04. The molecule has 0 unspecified atom stereocenters. The van der Waals surface area contributed by atoms with Gasteiger partial charge in [-0.1, -0.05) is 29.8 Å². The molecule has 0 fully saturated rings. The first kappa shape index (κ1) is 17.4. The van der Waals surface area contributed by atoms with Gasteiger partial charge in [-0.25, -0.2) is 9.97 Å². The lowest BCUT2D eigenvalue weighted by atomic mass is 9.96. The second kappa shape index (κ2) is 7.21. The molecule has 1 aromatic carbocycles. The number of hydrogen-bond acceptors (Lipinski definition) is 5. The molecule has 0 saturated heterocycles. The van der Waals surface area contributed by atoms with Gasteiger partial charge in [0.2, 0.25) is 0 Å². The molecule has 0 amide bonds. The van der Waals surface area contributed by atoms with Crippen LogP contribution in [0.5, 0.6) is 0 Å². The maximum Gasteiger partial charge on any atom is 0.160 e. The van der Waals surface area contributed by atoms with Crippen molar-refractivity contribution >= 4 is 11.8 Å². The van der Waals surface area contributed by atoms with E-state index < -0.39 is 0 Å². The van der Waals surface area contributed by atoms with Crippen LogP contribution in [0, 0.1) is 6.92 Å². The molecule has 0 saturated carbocycles. The summed E-state index contributed by atoms with van der Waals surface area (Å²) in [5.74, 6) is 1.67. The highest BCUT2D eigenvalue weighted by Gasteiger charge is 2.30. The number of methoxy groups -OCH3 is 1. The van der Waals surface area contributed by atoms with Gasteiger partial charge in [0.05, 0.1) is 24.5 Å². The second-order valence-corrected chi connectivity index (χ2v) is 7.79. The topological polar surface area (TPSA) is 44.2 Å². The van der Waals surface area contributed by atoms with Crippen molar-refractivity contribution < 1.29 is 9.47 Å². The van der Waals surface area contributed by atoms with Gasteiger partial charge in [-0.2, -0.15) is 0 Å². The summed E-state index contributed by atoms with van der Waals surface area (Å²) in [7, 11) is 1.72. The third-order valence-electron chi connectivity index (χ3n) is 4.09. The Labute approximate surface area is 148 Å². The zero-order valence-corrected chi connectivity index (χ0v) is 15.6. The monoisotopic (exact) mass is 344 g/mol. The first-order valence-corrected chi connectivity index (χ1v) is 9.19. The summed E-state index contributed by atoms with van der Waals surface area (Å²) in [5.41, 5.74) is 4.35. The van der Waals surface area contributed by atoms with Gasteiger partial charge in [-0.05, 0) is 20.8 Å². The zero-order chi connectivity index (χ0) is 17.2.